The maximum atomic E-state index is 14.3. The van der Waals surface area contributed by atoms with Crippen LogP contribution in [-0.2, 0) is 19.1 Å². The number of carbonyl (C=O) groups is 3. The second kappa shape index (κ2) is 13.1. The Morgan fingerprint density at radius 2 is 1.72 bits per heavy atom. The zero-order valence-electron chi connectivity index (χ0n) is 27.0. The molecule has 2 bridgehead atoms. The second-order valence-corrected chi connectivity index (χ2v) is 13.7. The van der Waals surface area contributed by atoms with E-state index in [0.717, 1.165) is 62.9 Å². The highest BCUT2D eigenvalue weighted by Gasteiger charge is 2.72. The molecule has 1 aromatic rings. The Morgan fingerprint density at radius 1 is 1.02 bits per heavy atom. The van der Waals surface area contributed by atoms with Gasteiger partial charge in [0.05, 0.1) is 17.9 Å². The van der Waals surface area contributed by atoms with E-state index in [1.54, 1.807) is 4.90 Å². The Bertz CT molecular complexity index is 1210. The van der Waals surface area contributed by atoms with Crippen LogP contribution in [0.4, 0.5) is 5.69 Å². The fourth-order valence-electron chi connectivity index (χ4n) is 8.26. The zero-order valence-corrected chi connectivity index (χ0v) is 27.0. The fraction of sp³-hybridized carbons (Fsp3) is 0.686. The predicted octanol–water partition coefficient (Wildman–Crippen LogP) is 4.85. The highest BCUT2D eigenvalue weighted by atomic mass is 16.5. The standard InChI is InChI=1S/C35H52N4O4/c1-7-15-38(16-8-2)17-10-18-39-31(33(41)37-27-12-9-11-24(5)25(27)6)35-14-13-28(43-35)29(30(35)34(39)42)32(40)36-26-20-22(3)19-23(4)21-26/h13-14,19-21,24-25,27-31H,7-12,15-18H2,1-6H3,(H,36,40)(H,37,41)/t24-,25+,27-,28-,29-,30-,31+,35+/m1/s1. The Kier molecular flexibility index (Phi) is 9.67. The summed E-state index contributed by atoms with van der Waals surface area (Å²) in [6, 6.07) is 5.22. The molecule has 2 saturated heterocycles. The Balaban J connectivity index is 1.41. The highest BCUT2D eigenvalue weighted by molar-refractivity contribution is 6.02. The van der Waals surface area contributed by atoms with Gasteiger partial charge in [-0.25, -0.2) is 0 Å². The van der Waals surface area contributed by atoms with E-state index in [1.165, 1.54) is 6.42 Å². The third kappa shape index (κ3) is 6.15. The van der Waals surface area contributed by atoms with Gasteiger partial charge in [-0.05, 0) is 94.3 Å². The first-order valence-corrected chi connectivity index (χ1v) is 16.7. The first-order valence-electron chi connectivity index (χ1n) is 16.7. The summed E-state index contributed by atoms with van der Waals surface area (Å²) in [6.07, 6.45) is 9.40. The number of benzene rings is 1. The number of hydrogen-bond acceptors (Lipinski definition) is 5. The third-order valence-electron chi connectivity index (χ3n) is 10.4. The second-order valence-electron chi connectivity index (χ2n) is 13.7. The number of nitrogens with one attached hydrogen (secondary N) is 2. The van der Waals surface area contributed by atoms with Crippen molar-refractivity contribution in [1.29, 1.82) is 0 Å². The minimum absolute atomic E-state index is 0.0690. The van der Waals surface area contributed by atoms with Gasteiger partial charge < -0.3 is 25.2 Å². The fourth-order valence-corrected chi connectivity index (χ4v) is 8.26. The summed E-state index contributed by atoms with van der Waals surface area (Å²) in [5.74, 6) is -1.05. The number of aryl methyl sites for hydroxylation is 2. The lowest BCUT2D eigenvalue weighted by Crippen LogP contribution is -2.58. The summed E-state index contributed by atoms with van der Waals surface area (Å²) in [4.78, 5) is 46.6. The molecule has 43 heavy (non-hydrogen) atoms. The van der Waals surface area contributed by atoms with E-state index in [1.807, 2.05) is 38.1 Å². The van der Waals surface area contributed by atoms with Crippen LogP contribution in [0.15, 0.2) is 30.4 Å². The lowest BCUT2D eigenvalue weighted by Gasteiger charge is -2.38. The van der Waals surface area contributed by atoms with Crippen LogP contribution in [0.2, 0.25) is 0 Å². The number of carbonyl (C=O) groups excluding carboxylic acids is 3. The van der Waals surface area contributed by atoms with Crippen molar-refractivity contribution >= 4 is 23.4 Å². The Morgan fingerprint density at radius 3 is 2.40 bits per heavy atom. The van der Waals surface area contributed by atoms with Gasteiger partial charge in [0.25, 0.3) is 0 Å². The molecule has 1 aromatic carbocycles. The van der Waals surface area contributed by atoms with Crippen LogP contribution < -0.4 is 10.6 Å². The van der Waals surface area contributed by atoms with E-state index in [0.29, 0.717) is 24.1 Å². The molecule has 3 heterocycles. The highest BCUT2D eigenvalue weighted by Crippen LogP contribution is 2.55. The summed E-state index contributed by atoms with van der Waals surface area (Å²) in [5.41, 5.74) is 1.70. The molecular weight excluding hydrogens is 540 g/mol. The zero-order chi connectivity index (χ0) is 30.9. The summed E-state index contributed by atoms with van der Waals surface area (Å²) in [7, 11) is 0. The van der Waals surface area contributed by atoms with E-state index in [9.17, 15) is 14.4 Å². The molecule has 0 radical (unpaired) electrons. The SMILES string of the molecule is CCCN(CCC)CCCN1C(=O)[C@H]2[C@H](C(=O)Nc3cc(C)cc(C)c3)[C@H]3C=C[C@@]2(O3)[C@@H]1C(=O)N[C@@H]1CCC[C@@H](C)[C@@H]1C. The van der Waals surface area contributed by atoms with Gasteiger partial charge in [0.1, 0.15) is 11.6 Å². The topological polar surface area (TPSA) is 91.0 Å². The van der Waals surface area contributed by atoms with Gasteiger partial charge in [-0.3, -0.25) is 14.4 Å². The van der Waals surface area contributed by atoms with Gasteiger partial charge in [0, 0.05) is 18.3 Å². The van der Waals surface area contributed by atoms with Crippen molar-refractivity contribution in [2.24, 2.45) is 23.7 Å². The summed E-state index contributed by atoms with van der Waals surface area (Å²) < 4.78 is 6.57. The quantitative estimate of drug-likeness (QED) is 0.339. The van der Waals surface area contributed by atoms with Crippen LogP contribution in [0.3, 0.4) is 0 Å². The average molecular weight is 593 g/mol. The van der Waals surface area contributed by atoms with E-state index in [4.69, 9.17) is 4.74 Å². The van der Waals surface area contributed by atoms with Crippen molar-refractivity contribution in [2.45, 2.75) is 104 Å². The number of fused-ring (bicyclic) bond motifs is 1. The summed E-state index contributed by atoms with van der Waals surface area (Å²) in [6.45, 7) is 16.2. The minimum atomic E-state index is -1.13. The van der Waals surface area contributed by atoms with Crippen molar-refractivity contribution < 1.29 is 19.1 Å². The van der Waals surface area contributed by atoms with Crippen LogP contribution in [0.25, 0.3) is 0 Å². The van der Waals surface area contributed by atoms with Gasteiger partial charge in [-0.2, -0.15) is 0 Å². The molecule has 4 aliphatic rings. The lowest BCUT2D eigenvalue weighted by molar-refractivity contribution is -0.141. The molecular formula is C35H52N4O4. The molecule has 2 N–H and O–H groups in total. The number of rotatable bonds is 12. The smallest absolute Gasteiger partial charge is 0.246 e. The molecule has 0 unspecified atom stereocenters. The van der Waals surface area contributed by atoms with Gasteiger partial charge >= 0.3 is 0 Å². The van der Waals surface area contributed by atoms with Crippen LogP contribution in [0.1, 0.15) is 77.3 Å². The molecule has 236 valence electrons. The van der Waals surface area contributed by atoms with E-state index in [2.05, 4.69) is 49.3 Å². The Labute approximate surface area is 258 Å². The lowest BCUT2D eigenvalue weighted by atomic mass is 9.73. The van der Waals surface area contributed by atoms with Gasteiger partial charge in [-0.15, -0.1) is 0 Å². The van der Waals surface area contributed by atoms with Crippen LogP contribution in [0, 0.1) is 37.5 Å². The normalized spacial score (nSPS) is 32.9. The van der Waals surface area contributed by atoms with Gasteiger partial charge in [0.2, 0.25) is 17.7 Å². The van der Waals surface area contributed by atoms with Crippen molar-refractivity contribution in [2.75, 3.05) is 31.5 Å². The Hall–Kier alpha value is -2.71. The molecule has 3 fully saturated rings. The van der Waals surface area contributed by atoms with Gasteiger partial charge in [0.15, 0.2) is 0 Å². The van der Waals surface area contributed by atoms with Crippen molar-refractivity contribution in [3.05, 3.63) is 41.5 Å². The van der Waals surface area contributed by atoms with Crippen molar-refractivity contribution in [3.63, 3.8) is 0 Å². The third-order valence-corrected chi connectivity index (χ3v) is 10.4. The molecule has 8 atom stereocenters. The summed E-state index contributed by atoms with van der Waals surface area (Å²) >= 11 is 0. The van der Waals surface area contributed by atoms with E-state index < -0.39 is 29.6 Å². The maximum absolute atomic E-state index is 14.3. The predicted molar refractivity (Wildman–Crippen MR) is 170 cm³/mol. The minimum Gasteiger partial charge on any atom is -0.359 e. The molecule has 5 rings (SSSR count). The van der Waals surface area contributed by atoms with Crippen LogP contribution >= 0.6 is 0 Å². The number of ether oxygens (including phenoxy) is 1. The van der Waals surface area contributed by atoms with E-state index in [-0.39, 0.29) is 23.8 Å². The average Bonchev–Trinajstić information content (AvgIpc) is 3.58. The number of hydrogen-bond donors (Lipinski definition) is 2. The van der Waals surface area contributed by atoms with Crippen molar-refractivity contribution in [3.8, 4) is 0 Å². The molecule has 3 aliphatic heterocycles. The molecule has 1 aliphatic carbocycles. The molecule has 1 saturated carbocycles. The van der Waals surface area contributed by atoms with Crippen LogP contribution in [0.5, 0.6) is 0 Å². The maximum Gasteiger partial charge on any atom is 0.246 e. The van der Waals surface area contributed by atoms with Gasteiger partial charge in [-0.1, -0.05) is 58.8 Å². The van der Waals surface area contributed by atoms with Crippen molar-refractivity contribution in [1.82, 2.24) is 15.1 Å². The van der Waals surface area contributed by atoms with E-state index >= 15 is 0 Å². The molecule has 8 nitrogen and oxygen atoms in total. The molecule has 3 amide bonds. The number of amides is 3. The largest absolute Gasteiger partial charge is 0.359 e. The van der Waals surface area contributed by atoms with Crippen LogP contribution in [-0.4, -0.2) is 77.5 Å². The molecule has 0 aromatic heterocycles. The monoisotopic (exact) mass is 592 g/mol. The summed E-state index contributed by atoms with van der Waals surface area (Å²) in [5, 5.41) is 6.43. The molecule has 8 heteroatoms. The number of nitrogens with zero attached hydrogens (tertiary/aromatic N) is 2. The first kappa shape index (κ1) is 31.7. The molecule has 1 spiro atoms. The number of anilines is 1. The number of likely N-dealkylation sites (tertiary alicyclic amines) is 1. The first-order chi connectivity index (χ1) is 20.6.